The van der Waals surface area contributed by atoms with Crippen LogP contribution in [0, 0.1) is 19.8 Å². The maximum atomic E-state index is 13.5. The summed E-state index contributed by atoms with van der Waals surface area (Å²) in [6, 6.07) is 8.34. The van der Waals surface area contributed by atoms with Gasteiger partial charge >= 0.3 is 5.97 Å². The molecule has 0 radical (unpaired) electrons. The number of benzene rings is 2. The molecule has 0 spiro atoms. The molecule has 19 nitrogen and oxygen atoms in total. The van der Waals surface area contributed by atoms with Gasteiger partial charge in [-0.15, -0.1) is 5.10 Å². The number of carbonyl (C=O) groups is 4. The van der Waals surface area contributed by atoms with Gasteiger partial charge in [0.05, 0.1) is 30.2 Å². The molecule has 3 aromatic rings. The number of amides is 3. The fourth-order valence-electron chi connectivity index (χ4n) is 9.33. The molecular formula is C46H63N7O12S. The Balaban J connectivity index is 1.14. The van der Waals surface area contributed by atoms with Crippen molar-refractivity contribution in [2.45, 2.75) is 146 Å². The van der Waals surface area contributed by atoms with Crippen molar-refractivity contribution in [2.24, 2.45) is 5.92 Å². The van der Waals surface area contributed by atoms with Gasteiger partial charge in [0.15, 0.2) is 5.60 Å². The summed E-state index contributed by atoms with van der Waals surface area (Å²) < 4.78 is 33.6. The lowest BCUT2D eigenvalue weighted by Gasteiger charge is -2.47. The average Bonchev–Trinajstić information content (AvgIpc) is 3.75. The number of hydrogen-bond donors (Lipinski definition) is 9. The van der Waals surface area contributed by atoms with E-state index < -0.39 is 76.8 Å². The van der Waals surface area contributed by atoms with Crippen LogP contribution >= 0.6 is 0 Å². The highest BCUT2D eigenvalue weighted by Crippen LogP contribution is 2.36. The zero-order valence-corrected chi connectivity index (χ0v) is 38.4. The molecule has 2 aliphatic carbocycles. The molecule has 1 aromatic heterocycles. The van der Waals surface area contributed by atoms with Gasteiger partial charge in [0.1, 0.15) is 24.5 Å². The Bertz CT molecular complexity index is 2330. The Morgan fingerprint density at radius 1 is 1.00 bits per heavy atom. The number of carbonyl (C=O) groups excluding carboxylic acids is 3. The lowest BCUT2D eigenvalue weighted by Crippen LogP contribution is -2.67. The van der Waals surface area contributed by atoms with Gasteiger partial charge in [-0.1, -0.05) is 61.2 Å². The molecular weight excluding hydrogens is 875 g/mol. The van der Waals surface area contributed by atoms with E-state index in [0.29, 0.717) is 42.4 Å². The van der Waals surface area contributed by atoms with Crippen molar-refractivity contribution in [3.63, 3.8) is 0 Å². The third kappa shape index (κ3) is 13.2. The predicted molar refractivity (Wildman–Crippen MR) is 241 cm³/mol. The van der Waals surface area contributed by atoms with E-state index in [9.17, 15) is 53.1 Å². The van der Waals surface area contributed by atoms with E-state index in [0.717, 1.165) is 49.6 Å². The highest BCUT2D eigenvalue weighted by molar-refractivity contribution is 7.88. The third-order valence-electron chi connectivity index (χ3n) is 12.8. The molecule has 8 atom stereocenters. The molecule has 20 heteroatoms. The highest BCUT2D eigenvalue weighted by atomic mass is 32.2. The van der Waals surface area contributed by atoms with Crippen molar-refractivity contribution in [1.29, 1.82) is 0 Å². The summed E-state index contributed by atoms with van der Waals surface area (Å²) in [4.78, 5) is 52.8. The van der Waals surface area contributed by atoms with E-state index in [-0.39, 0.29) is 54.6 Å². The first-order chi connectivity index (χ1) is 31.3. The molecule has 66 heavy (non-hydrogen) atoms. The van der Waals surface area contributed by atoms with Gasteiger partial charge in [-0.05, 0) is 86.4 Å². The monoisotopic (exact) mass is 937 g/mol. The Kier molecular flexibility index (Phi) is 16.7. The van der Waals surface area contributed by atoms with Crippen molar-refractivity contribution in [1.82, 2.24) is 35.7 Å². The first-order valence-electron chi connectivity index (χ1n) is 22.5. The number of phenolic OH excluding ortho intramolecular Hbond substituents is 1. The van der Waals surface area contributed by atoms with Crippen LogP contribution in [-0.4, -0.2) is 128 Å². The summed E-state index contributed by atoms with van der Waals surface area (Å²) in [5.41, 5.74) is 1.11. The number of ether oxygens (including phenoxy) is 1. The predicted octanol–water partition coefficient (Wildman–Crippen LogP) is 2.09. The van der Waals surface area contributed by atoms with Crippen LogP contribution in [0.1, 0.15) is 115 Å². The summed E-state index contributed by atoms with van der Waals surface area (Å²) in [6.45, 7) is 2.60. The van der Waals surface area contributed by atoms with Crippen LogP contribution in [0.25, 0.3) is 6.08 Å². The SMILES string of the molecule is Cc1cc(C(=O)NC[C@@H](O)[C@@H](O)[C@@H]2O[C@@](C/C=C/c3cccc(CNC(=O)C4CCC[C@H](NS(C)(=O)=O)C4)c3)(C(=O)O)C[C@H](O)[C@H]2NC(=O)Cn2cc(C3CCCCC3)nn2)cc(C)c1O. The van der Waals surface area contributed by atoms with Crippen molar-refractivity contribution in [3.8, 4) is 5.75 Å². The summed E-state index contributed by atoms with van der Waals surface area (Å²) in [5.74, 6) is -3.01. The number of aromatic nitrogens is 3. The molecule has 0 bridgehead atoms. The van der Waals surface area contributed by atoms with Gasteiger partial charge in [0.25, 0.3) is 5.91 Å². The van der Waals surface area contributed by atoms with Crippen LogP contribution < -0.4 is 20.7 Å². The van der Waals surface area contributed by atoms with Crippen LogP contribution in [0.2, 0.25) is 0 Å². The van der Waals surface area contributed by atoms with E-state index in [1.165, 1.54) is 22.9 Å². The molecule has 3 aliphatic rings. The maximum Gasteiger partial charge on any atom is 0.336 e. The van der Waals surface area contributed by atoms with Gasteiger partial charge in [0, 0.05) is 55.6 Å². The van der Waals surface area contributed by atoms with Gasteiger partial charge in [-0.2, -0.15) is 0 Å². The second-order valence-electron chi connectivity index (χ2n) is 18.2. The third-order valence-corrected chi connectivity index (χ3v) is 13.6. The van der Waals surface area contributed by atoms with E-state index in [1.54, 1.807) is 44.3 Å². The van der Waals surface area contributed by atoms with E-state index in [2.05, 4.69) is 31.0 Å². The van der Waals surface area contributed by atoms with Gasteiger partial charge in [-0.3, -0.25) is 14.4 Å². The topological polar surface area (TPSA) is 292 Å². The van der Waals surface area contributed by atoms with Crippen LogP contribution in [-0.2, 0) is 42.2 Å². The van der Waals surface area contributed by atoms with Gasteiger partial charge in [0.2, 0.25) is 21.8 Å². The zero-order valence-electron chi connectivity index (χ0n) is 37.6. The van der Waals surface area contributed by atoms with Crippen molar-refractivity contribution in [2.75, 3.05) is 12.8 Å². The second-order valence-corrected chi connectivity index (χ2v) is 19.9. The minimum absolute atomic E-state index is 0.0284. The molecule has 2 heterocycles. The number of aromatic hydroxyl groups is 1. The molecule has 9 N–H and O–H groups in total. The molecule has 2 aromatic carbocycles. The van der Waals surface area contributed by atoms with Crippen LogP contribution in [0.15, 0.2) is 48.7 Å². The number of aliphatic hydroxyl groups excluding tert-OH is 3. The number of carboxylic acids is 1. The number of carboxylic acid groups (broad SMARTS) is 1. The fourth-order valence-corrected chi connectivity index (χ4v) is 10.1. The number of nitrogens with one attached hydrogen (secondary N) is 4. The zero-order chi connectivity index (χ0) is 47.8. The summed E-state index contributed by atoms with van der Waals surface area (Å²) in [6.07, 6.45) is 5.78. The summed E-state index contributed by atoms with van der Waals surface area (Å²) in [7, 11) is -3.40. The normalized spacial score (nSPS) is 24.9. The Morgan fingerprint density at radius 2 is 1.73 bits per heavy atom. The molecule has 3 amide bonds. The Hall–Kier alpha value is -5.25. The lowest BCUT2D eigenvalue weighted by atomic mass is 9.81. The number of rotatable bonds is 18. The Labute approximate surface area is 384 Å². The van der Waals surface area contributed by atoms with Crippen LogP contribution in [0.4, 0.5) is 0 Å². The van der Waals surface area contributed by atoms with Gasteiger partial charge < -0.3 is 46.2 Å². The molecule has 1 saturated heterocycles. The highest BCUT2D eigenvalue weighted by Gasteiger charge is 2.54. The van der Waals surface area contributed by atoms with Crippen molar-refractivity contribution < 1.29 is 57.9 Å². The molecule has 1 aliphatic heterocycles. The van der Waals surface area contributed by atoms with E-state index in [4.69, 9.17) is 4.74 Å². The van der Waals surface area contributed by atoms with Gasteiger partial charge in [-0.25, -0.2) is 22.6 Å². The van der Waals surface area contributed by atoms with E-state index in [1.807, 2.05) is 6.07 Å². The lowest BCUT2D eigenvalue weighted by molar-refractivity contribution is -0.226. The molecule has 3 fully saturated rings. The van der Waals surface area contributed by atoms with Crippen molar-refractivity contribution >= 4 is 39.8 Å². The minimum Gasteiger partial charge on any atom is -0.507 e. The Morgan fingerprint density at radius 3 is 2.42 bits per heavy atom. The number of phenols is 1. The van der Waals surface area contributed by atoms with Crippen LogP contribution in [0.5, 0.6) is 5.75 Å². The number of aliphatic carboxylic acids is 1. The van der Waals surface area contributed by atoms with Crippen LogP contribution in [0.3, 0.4) is 0 Å². The number of hydrogen-bond acceptors (Lipinski definition) is 13. The molecule has 6 rings (SSSR count). The number of aliphatic hydroxyl groups is 3. The quantitative estimate of drug-likeness (QED) is 0.0883. The maximum absolute atomic E-state index is 13.5. The standard InChI is InChI=1S/C46H63N7O12S/c1-27-18-33(19-28(2)40(27)57)44(60)48-24-37(55)41(58)42-39(49-38(56)26-53-25-35(50-52-53)31-13-5-4-6-14-31)36(54)22-46(65-42,45(61)62)17-9-12-29-10-7-11-30(20-29)23-47-43(59)32-15-8-16-34(21-32)51-66(3,63)64/h7,9-12,18-20,25,31-32,34,36-37,39,41-42,51,54-55,57-58H,4-6,8,13-17,21-24,26H2,1-3H3,(H,47,59)(H,48,60)(H,49,56)(H,61,62)/b12-9+/t32?,34-,36-,37+,39+,41+,42+,46+/m0/s1. The minimum atomic E-state index is -3.40. The summed E-state index contributed by atoms with van der Waals surface area (Å²) in [5, 5.41) is 71.9. The molecule has 2 saturated carbocycles. The van der Waals surface area contributed by atoms with E-state index >= 15 is 0 Å². The second kappa shape index (κ2) is 22.0. The first kappa shape index (κ1) is 50.2. The fraction of sp³-hybridized carbons (Fsp3) is 0.565. The number of aryl methyl sites for hydroxylation is 2. The van der Waals surface area contributed by atoms with Crippen molar-refractivity contribution in [3.05, 3.63) is 82.2 Å². The smallest absolute Gasteiger partial charge is 0.336 e. The number of sulfonamides is 1. The molecule has 360 valence electrons. The largest absolute Gasteiger partial charge is 0.507 e. The summed E-state index contributed by atoms with van der Waals surface area (Å²) >= 11 is 0. The number of nitrogens with zero attached hydrogens (tertiary/aromatic N) is 3. The molecule has 1 unspecified atom stereocenters. The first-order valence-corrected chi connectivity index (χ1v) is 24.4. The average molecular weight is 938 g/mol.